The van der Waals surface area contributed by atoms with Crippen molar-refractivity contribution in [3.63, 3.8) is 0 Å². The molecule has 2 aromatic heterocycles. The Morgan fingerprint density at radius 2 is 1.94 bits per heavy atom. The van der Waals surface area contributed by atoms with Gasteiger partial charge in [0.1, 0.15) is 0 Å². The van der Waals surface area contributed by atoms with Crippen LogP contribution in [0.5, 0.6) is 0 Å². The number of nitrogens with zero attached hydrogens (tertiary/aromatic N) is 4. The van der Waals surface area contributed by atoms with Crippen LogP contribution in [0.25, 0.3) is 10.9 Å². The van der Waals surface area contributed by atoms with Crippen LogP contribution in [0, 0.1) is 5.92 Å². The third-order valence-corrected chi connectivity index (χ3v) is 9.22. The number of aromatic nitrogens is 2. The number of hydrogen-bond donors (Lipinski definition) is 1. The molecule has 3 aliphatic rings. The van der Waals surface area contributed by atoms with E-state index < -0.39 is 0 Å². The molecular weight excluding hydrogens is 470 g/mol. The third kappa shape index (κ3) is 5.26. The van der Waals surface area contributed by atoms with E-state index in [0.29, 0.717) is 0 Å². The highest BCUT2D eigenvalue weighted by Gasteiger charge is 2.26. The SMILES string of the molecule is O=C(N[C@H]1CC[C@H](CCN2CCc3sc(N4CCOCC4)nc3C2)CC1)c1cccc2ncccc12. The van der Waals surface area contributed by atoms with Gasteiger partial charge in [0.15, 0.2) is 5.13 Å². The van der Waals surface area contributed by atoms with E-state index >= 15 is 0 Å². The van der Waals surface area contributed by atoms with Gasteiger partial charge in [0.25, 0.3) is 5.91 Å². The molecule has 1 aromatic carbocycles. The number of morpholine rings is 1. The minimum absolute atomic E-state index is 0.0286. The number of amides is 1. The maximum atomic E-state index is 13.0. The van der Waals surface area contributed by atoms with Crippen molar-refractivity contribution in [3.8, 4) is 0 Å². The van der Waals surface area contributed by atoms with Crippen molar-refractivity contribution in [3.05, 3.63) is 52.7 Å². The summed E-state index contributed by atoms with van der Waals surface area (Å²) in [5.41, 5.74) is 2.89. The molecule has 0 bridgehead atoms. The molecule has 0 radical (unpaired) electrons. The molecule has 0 unspecified atom stereocenters. The van der Waals surface area contributed by atoms with Gasteiger partial charge in [-0.1, -0.05) is 12.1 Å². The van der Waals surface area contributed by atoms with Crippen LogP contribution < -0.4 is 10.2 Å². The van der Waals surface area contributed by atoms with Crippen LogP contribution in [0.1, 0.15) is 53.0 Å². The third-order valence-electron chi connectivity index (χ3n) is 8.00. The van der Waals surface area contributed by atoms with E-state index in [1.54, 1.807) is 6.20 Å². The molecule has 1 saturated heterocycles. The van der Waals surface area contributed by atoms with Gasteiger partial charge in [0.2, 0.25) is 0 Å². The second-order valence-corrected chi connectivity index (χ2v) is 11.4. The normalized spacial score (nSPS) is 22.9. The minimum atomic E-state index is 0.0286. The van der Waals surface area contributed by atoms with Gasteiger partial charge < -0.3 is 15.0 Å². The van der Waals surface area contributed by atoms with Crippen LogP contribution >= 0.6 is 11.3 Å². The predicted molar refractivity (Wildman–Crippen MR) is 144 cm³/mol. The van der Waals surface area contributed by atoms with Crippen molar-refractivity contribution in [1.29, 1.82) is 0 Å². The summed E-state index contributed by atoms with van der Waals surface area (Å²) < 4.78 is 5.49. The van der Waals surface area contributed by atoms with Crippen molar-refractivity contribution in [1.82, 2.24) is 20.2 Å². The van der Waals surface area contributed by atoms with Gasteiger partial charge in [-0.05, 0) is 69.2 Å². The Kier molecular flexibility index (Phi) is 7.16. The Morgan fingerprint density at radius 1 is 1.08 bits per heavy atom. The van der Waals surface area contributed by atoms with Gasteiger partial charge in [-0.25, -0.2) is 4.98 Å². The van der Waals surface area contributed by atoms with Gasteiger partial charge in [0.05, 0.1) is 24.4 Å². The molecule has 3 aromatic rings. The summed E-state index contributed by atoms with van der Waals surface area (Å²) in [5, 5.41) is 5.41. The lowest BCUT2D eigenvalue weighted by Crippen LogP contribution is -2.38. The first-order chi connectivity index (χ1) is 17.7. The van der Waals surface area contributed by atoms with Crippen LogP contribution in [-0.4, -0.2) is 66.2 Å². The summed E-state index contributed by atoms with van der Waals surface area (Å²) in [5.74, 6) is 0.779. The lowest BCUT2D eigenvalue weighted by molar-refractivity contribution is 0.0921. The fourth-order valence-electron chi connectivity index (χ4n) is 5.84. The van der Waals surface area contributed by atoms with Crippen molar-refractivity contribution in [2.75, 3.05) is 44.3 Å². The minimum Gasteiger partial charge on any atom is -0.378 e. The molecule has 0 spiro atoms. The van der Waals surface area contributed by atoms with Gasteiger partial charge in [-0.15, -0.1) is 11.3 Å². The standard InChI is InChI=1S/C28H35N5O2S/c34-27(23-3-1-5-24-22(23)4-2-12-29-24)30-21-8-6-20(7-9-21)10-13-32-14-11-26-25(19-32)31-28(36-26)33-15-17-35-18-16-33/h1-5,12,20-21H,6-11,13-19H2,(H,30,34)/t20-,21-. The second-order valence-electron chi connectivity index (χ2n) is 10.3. The van der Waals surface area contributed by atoms with Crippen molar-refractivity contribution < 1.29 is 9.53 Å². The monoisotopic (exact) mass is 505 g/mol. The molecule has 4 heterocycles. The first-order valence-corrected chi connectivity index (χ1v) is 14.2. The molecule has 8 heteroatoms. The largest absolute Gasteiger partial charge is 0.378 e. The highest BCUT2D eigenvalue weighted by Crippen LogP contribution is 2.32. The number of pyridine rings is 1. The fourth-order valence-corrected chi connectivity index (χ4v) is 6.95. The van der Waals surface area contributed by atoms with E-state index in [1.165, 1.54) is 35.0 Å². The summed E-state index contributed by atoms with van der Waals surface area (Å²) >= 11 is 1.89. The lowest BCUT2D eigenvalue weighted by atomic mass is 9.84. The van der Waals surface area contributed by atoms with Crippen LogP contribution in [-0.2, 0) is 17.7 Å². The molecule has 36 heavy (non-hydrogen) atoms. The molecule has 2 fully saturated rings. The maximum absolute atomic E-state index is 13.0. The Labute approximate surface area is 216 Å². The van der Waals surface area contributed by atoms with Gasteiger partial charge in [0, 0.05) is 54.2 Å². The highest BCUT2D eigenvalue weighted by atomic mass is 32.1. The Hall–Kier alpha value is -2.55. The Bertz CT molecular complexity index is 1190. The van der Waals surface area contributed by atoms with Crippen LogP contribution in [0.4, 0.5) is 5.13 Å². The number of fused-ring (bicyclic) bond motifs is 2. The van der Waals surface area contributed by atoms with E-state index in [2.05, 4.69) is 20.1 Å². The average Bonchev–Trinajstić information content (AvgIpc) is 3.36. The number of anilines is 1. The number of carbonyl (C=O) groups is 1. The van der Waals surface area contributed by atoms with Crippen LogP contribution in [0.3, 0.4) is 0 Å². The number of carbonyl (C=O) groups excluding carboxylic acids is 1. The van der Waals surface area contributed by atoms with Crippen molar-refractivity contribution in [2.45, 2.75) is 51.1 Å². The summed E-state index contributed by atoms with van der Waals surface area (Å²) in [7, 11) is 0. The number of thiazole rings is 1. The van der Waals surface area contributed by atoms with Crippen LogP contribution in [0.2, 0.25) is 0 Å². The number of ether oxygens (including phenoxy) is 1. The van der Waals surface area contributed by atoms with E-state index in [0.717, 1.165) is 87.6 Å². The molecule has 1 saturated carbocycles. The van der Waals surface area contributed by atoms with Crippen molar-refractivity contribution >= 4 is 33.3 Å². The maximum Gasteiger partial charge on any atom is 0.252 e. The number of rotatable bonds is 6. The smallest absolute Gasteiger partial charge is 0.252 e. The zero-order chi connectivity index (χ0) is 24.3. The lowest BCUT2D eigenvalue weighted by Gasteiger charge is -2.32. The zero-order valence-corrected chi connectivity index (χ0v) is 21.6. The first-order valence-electron chi connectivity index (χ1n) is 13.4. The molecule has 1 aliphatic carbocycles. The number of benzene rings is 1. The summed E-state index contributed by atoms with van der Waals surface area (Å²) in [6.45, 7) is 6.81. The molecule has 6 rings (SSSR count). The van der Waals surface area contributed by atoms with E-state index in [9.17, 15) is 4.79 Å². The van der Waals surface area contributed by atoms with Crippen molar-refractivity contribution in [2.24, 2.45) is 5.92 Å². The Balaban J connectivity index is 0.963. The molecule has 190 valence electrons. The fraction of sp³-hybridized carbons (Fsp3) is 0.536. The molecule has 1 N–H and O–H groups in total. The molecule has 7 nitrogen and oxygen atoms in total. The van der Waals surface area contributed by atoms with Gasteiger partial charge >= 0.3 is 0 Å². The number of hydrogen-bond acceptors (Lipinski definition) is 7. The van der Waals surface area contributed by atoms with E-state index in [1.807, 2.05) is 41.7 Å². The Morgan fingerprint density at radius 3 is 2.81 bits per heavy atom. The zero-order valence-electron chi connectivity index (χ0n) is 20.8. The first kappa shape index (κ1) is 23.8. The quantitative estimate of drug-likeness (QED) is 0.540. The van der Waals surface area contributed by atoms with Gasteiger partial charge in [-0.3, -0.25) is 14.7 Å². The molecular formula is C28H35N5O2S. The van der Waals surface area contributed by atoms with Crippen LogP contribution in [0.15, 0.2) is 36.5 Å². The highest BCUT2D eigenvalue weighted by molar-refractivity contribution is 7.15. The topological polar surface area (TPSA) is 70.6 Å². The number of nitrogens with one attached hydrogen (secondary N) is 1. The summed E-state index contributed by atoms with van der Waals surface area (Å²) in [4.78, 5) is 28.8. The summed E-state index contributed by atoms with van der Waals surface area (Å²) in [6.07, 6.45) is 8.66. The van der Waals surface area contributed by atoms with Gasteiger partial charge in [-0.2, -0.15) is 0 Å². The van der Waals surface area contributed by atoms with E-state index in [-0.39, 0.29) is 11.9 Å². The predicted octanol–water partition coefficient (Wildman–Crippen LogP) is 4.26. The molecule has 1 amide bonds. The molecule has 2 aliphatic heterocycles. The van der Waals surface area contributed by atoms with E-state index in [4.69, 9.17) is 9.72 Å². The second kappa shape index (κ2) is 10.8. The molecule has 0 atom stereocenters. The average molecular weight is 506 g/mol. The summed E-state index contributed by atoms with van der Waals surface area (Å²) in [6, 6.07) is 9.92.